The maximum Gasteiger partial charge on any atom is 0.405 e. The van der Waals surface area contributed by atoms with Crippen molar-refractivity contribution in [2.75, 3.05) is 6.26 Å². The van der Waals surface area contributed by atoms with Crippen LogP contribution >= 0.6 is 34.9 Å². The Bertz CT molecular complexity index is 866. The third kappa shape index (κ3) is 4.78. The van der Waals surface area contributed by atoms with Gasteiger partial charge < -0.3 is 10.4 Å². The largest absolute Gasteiger partial charge is 0.465 e. The second-order valence-corrected chi connectivity index (χ2v) is 8.40. The number of carbonyl (C=O) groups is 1. The lowest BCUT2D eigenvalue weighted by molar-refractivity contribution is 0.194. The van der Waals surface area contributed by atoms with Crippen LogP contribution in [0.25, 0.3) is 11.1 Å². The number of hydrogen-bond donors (Lipinski definition) is 2. The lowest BCUT2D eigenvalue weighted by Crippen LogP contribution is -2.19. The van der Waals surface area contributed by atoms with Gasteiger partial charge in [0.05, 0.1) is 17.0 Å². The van der Waals surface area contributed by atoms with Crippen molar-refractivity contribution in [3.8, 4) is 11.1 Å². The molecule has 25 heavy (non-hydrogen) atoms. The third-order valence-corrected chi connectivity index (χ3v) is 6.31. The molecule has 2 N–H and O–H groups in total. The summed E-state index contributed by atoms with van der Waals surface area (Å²) in [5.74, 6) is 0. The Morgan fingerprint density at radius 3 is 2.76 bits per heavy atom. The Kier molecular flexibility index (Phi) is 6.01. The van der Waals surface area contributed by atoms with Crippen LogP contribution in [-0.4, -0.2) is 22.4 Å². The van der Waals surface area contributed by atoms with Crippen molar-refractivity contribution in [2.45, 2.75) is 20.5 Å². The highest BCUT2D eigenvalue weighted by atomic mass is 32.2. The number of thiazole rings is 1. The van der Waals surface area contributed by atoms with Crippen molar-refractivity contribution in [3.05, 3.63) is 59.7 Å². The molecule has 1 amide bonds. The Labute approximate surface area is 158 Å². The number of nitrogens with zero attached hydrogens (tertiary/aromatic N) is 1. The van der Waals surface area contributed by atoms with E-state index in [1.54, 1.807) is 29.7 Å². The van der Waals surface area contributed by atoms with Gasteiger partial charge in [0.2, 0.25) is 0 Å². The lowest BCUT2D eigenvalue weighted by Gasteiger charge is -2.10. The van der Waals surface area contributed by atoms with Crippen LogP contribution in [0.2, 0.25) is 0 Å². The number of thioether (sulfide) groups is 1. The number of hydrogen-bond acceptors (Lipinski definition) is 5. The predicted molar refractivity (Wildman–Crippen MR) is 105 cm³/mol. The topological polar surface area (TPSA) is 62.2 Å². The van der Waals surface area contributed by atoms with E-state index in [9.17, 15) is 4.79 Å². The summed E-state index contributed by atoms with van der Waals surface area (Å²) >= 11 is 4.88. The molecule has 1 aromatic heterocycles. The van der Waals surface area contributed by atoms with Crippen molar-refractivity contribution >= 4 is 41.0 Å². The van der Waals surface area contributed by atoms with Gasteiger partial charge in [-0.2, -0.15) is 0 Å². The average molecular weight is 389 g/mol. The second-order valence-electron chi connectivity index (χ2n) is 5.06. The highest BCUT2D eigenvalue weighted by molar-refractivity contribution is 8.01. The summed E-state index contributed by atoms with van der Waals surface area (Å²) in [6.07, 6.45) is 2.83. The van der Waals surface area contributed by atoms with E-state index >= 15 is 0 Å². The van der Waals surface area contributed by atoms with Crippen LogP contribution < -0.4 is 5.32 Å². The first kappa shape index (κ1) is 17.8. The molecule has 3 aromatic rings. The molecule has 4 nitrogen and oxygen atoms in total. The zero-order valence-electron chi connectivity index (χ0n) is 13.4. The molecule has 0 spiro atoms. The average Bonchev–Trinajstić information content (AvgIpc) is 3.08. The zero-order valence-corrected chi connectivity index (χ0v) is 15.9. The number of nitrogens with one attached hydrogen (secondary N) is 1. The second kappa shape index (κ2) is 8.42. The van der Waals surface area contributed by atoms with Crippen LogP contribution in [0.1, 0.15) is 5.01 Å². The first-order valence-corrected chi connectivity index (χ1v) is 10.3. The van der Waals surface area contributed by atoms with Gasteiger partial charge in [-0.3, -0.25) is 0 Å². The molecule has 0 atom stereocenters. The van der Waals surface area contributed by atoms with Gasteiger partial charge in [-0.1, -0.05) is 42.1 Å². The van der Waals surface area contributed by atoms with E-state index in [1.807, 2.05) is 18.2 Å². The molecule has 7 heteroatoms. The summed E-state index contributed by atoms with van der Waals surface area (Å²) in [6, 6.07) is 16.8. The summed E-state index contributed by atoms with van der Waals surface area (Å²) in [5.41, 5.74) is 2.37. The van der Waals surface area contributed by atoms with Crippen LogP contribution in [0.5, 0.6) is 0 Å². The molecule has 1 heterocycles. The summed E-state index contributed by atoms with van der Waals surface area (Å²) in [6.45, 7) is 0.234. The van der Waals surface area contributed by atoms with Gasteiger partial charge in [-0.05, 0) is 35.6 Å². The normalized spacial score (nSPS) is 10.6. The van der Waals surface area contributed by atoms with E-state index in [1.165, 1.54) is 27.4 Å². The molecular weight excluding hydrogens is 372 g/mol. The fourth-order valence-corrected chi connectivity index (χ4v) is 4.75. The standard InChI is InChI=1S/C18H16N2O2S3/c1-23-13-7-8-15(14(9-13)12-5-3-2-4-6-12)24-17-11-19-16(25-17)10-20-18(21)22/h2-9,11,20H,10H2,1H3,(H,21,22). The minimum absolute atomic E-state index is 0.234. The molecule has 3 rings (SSSR count). The first-order chi connectivity index (χ1) is 12.2. The van der Waals surface area contributed by atoms with Crippen LogP contribution in [-0.2, 0) is 6.54 Å². The van der Waals surface area contributed by atoms with E-state index < -0.39 is 6.09 Å². The number of aromatic nitrogens is 1. The minimum Gasteiger partial charge on any atom is -0.465 e. The summed E-state index contributed by atoms with van der Waals surface area (Å²) < 4.78 is 1.04. The maximum absolute atomic E-state index is 10.6. The Hall–Kier alpha value is -1.96. The van der Waals surface area contributed by atoms with Crippen molar-refractivity contribution in [1.82, 2.24) is 10.3 Å². The van der Waals surface area contributed by atoms with Gasteiger partial charge in [0.1, 0.15) is 5.01 Å². The molecular formula is C18H16N2O2S3. The number of amides is 1. The summed E-state index contributed by atoms with van der Waals surface area (Å²) in [4.78, 5) is 17.3. The van der Waals surface area contributed by atoms with Crippen molar-refractivity contribution in [1.29, 1.82) is 0 Å². The maximum atomic E-state index is 10.6. The molecule has 0 bridgehead atoms. The van der Waals surface area contributed by atoms with Crippen molar-refractivity contribution in [3.63, 3.8) is 0 Å². The van der Waals surface area contributed by atoms with Crippen LogP contribution in [0.4, 0.5) is 4.79 Å². The zero-order chi connectivity index (χ0) is 17.6. The van der Waals surface area contributed by atoms with Gasteiger partial charge in [-0.15, -0.1) is 23.1 Å². The van der Waals surface area contributed by atoms with Gasteiger partial charge in [0.15, 0.2) is 0 Å². The smallest absolute Gasteiger partial charge is 0.405 e. The summed E-state index contributed by atoms with van der Waals surface area (Å²) in [7, 11) is 0. The van der Waals surface area contributed by atoms with Crippen molar-refractivity contribution in [2.24, 2.45) is 0 Å². The first-order valence-electron chi connectivity index (χ1n) is 7.48. The Morgan fingerprint density at radius 2 is 2.04 bits per heavy atom. The van der Waals surface area contributed by atoms with Crippen LogP contribution in [0, 0.1) is 0 Å². The summed E-state index contributed by atoms with van der Waals surface area (Å²) in [5, 5.41) is 11.8. The molecule has 128 valence electrons. The Balaban J connectivity index is 1.86. The predicted octanol–water partition coefficient (Wildman–Crippen LogP) is 5.45. The molecule has 0 aliphatic carbocycles. The quantitative estimate of drug-likeness (QED) is 0.550. The van der Waals surface area contributed by atoms with E-state index in [4.69, 9.17) is 5.11 Å². The van der Waals surface area contributed by atoms with Gasteiger partial charge >= 0.3 is 6.09 Å². The van der Waals surface area contributed by atoms with Gasteiger partial charge in [0.25, 0.3) is 0 Å². The van der Waals surface area contributed by atoms with Crippen molar-refractivity contribution < 1.29 is 9.90 Å². The molecule has 0 fully saturated rings. The third-order valence-electron chi connectivity index (χ3n) is 3.41. The SMILES string of the molecule is CSc1ccc(Sc2cnc(CNC(=O)O)s2)c(-c2ccccc2)c1. The molecule has 2 aromatic carbocycles. The molecule has 0 aliphatic heterocycles. The lowest BCUT2D eigenvalue weighted by atomic mass is 10.1. The number of benzene rings is 2. The fraction of sp³-hybridized carbons (Fsp3) is 0.111. The van der Waals surface area contributed by atoms with Gasteiger partial charge in [-0.25, -0.2) is 9.78 Å². The van der Waals surface area contributed by atoms with Gasteiger partial charge in [0, 0.05) is 9.79 Å². The molecule has 0 radical (unpaired) electrons. The monoisotopic (exact) mass is 388 g/mol. The molecule has 0 saturated heterocycles. The minimum atomic E-state index is -1.04. The van der Waals surface area contributed by atoms with E-state index in [0.29, 0.717) is 0 Å². The van der Waals surface area contributed by atoms with Crippen LogP contribution in [0.3, 0.4) is 0 Å². The van der Waals surface area contributed by atoms with E-state index in [-0.39, 0.29) is 6.54 Å². The number of rotatable bonds is 6. The molecule has 0 aliphatic rings. The van der Waals surface area contributed by atoms with E-state index in [2.05, 4.69) is 46.9 Å². The number of carboxylic acid groups (broad SMARTS) is 1. The molecule has 0 unspecified atom stereocenters. The Morgan fingerprint density at radius 1 is 1.24 bits per heavy atom. The highest BCUT2D eigenvalue weighted by Gasteiger charge is 2.11. The van der Waals surface area contributed by atoms with Crippen LogP contribution in [0.15, 0.2) is 68.7 Å². The fourth-order valence-electron chi connectivity index (χ4n) is 2.25. The highest BCUT2D eigenvalue weighted by Crippen LogP contribution is 2.39. The van der Waals surface area contributed by atoms with E-state index in [0.717, 1.165) is 14.1 Å². The molecule has 0 saturated carbocycles.